The van der Waals surface area contributed by atoms with Crippen LogP contribution in [0.4, 0.5) is 4.79 Å². The van der Waals surface area contributed by atoms with E-state index in [0.717, 1.165) is 31.5 Å². The quantitative estimate of drug-likeness (QED) is 0.915. The molecule has 0 aliphatic carbocycles. The van der Waals surface area contributed by atoms with Crippen molar-refractivity contribution in [2.24, 2.45) is 5.92 Å². The number of aliphatic carboxylic acids is 1. The number of piperidine rings is 1. The van der Waals surface area contributed by atoms with Gasteiger partial charge in [0.2, 0.25) is 0 Å². The topological polar surface area (TPSA) is 70.1 Å². The summed E-state index contributed by atoms with van der Waals surface area (Å²) in [6, 6.07) is 9.62. The van der Waals surface area contributed by atoms with Gasteiger partial charge in [0, 0.05) is 19.1 Å². The number of benzene rings is 1. The zero-order valence-electron chi connectivity index (χ0n) is 13.8. The van der Waals surface area contributed by atoms with Crippen molar-refractivity contribution < 1.29 is 19.4 Å². The molecule has 6 heteroatoms. The number of carbonyl (C=O) groups excluding carboxylic acids is 1. The summed E-state index contributed by atoms with van der Waals surface area (Å²) in [5.41, 5.74) is 0.925. The molecule has 0 saturated carbocycles. The summed E-state index contributed by atoms with van der Waals surface area (Å²) in [6.45, 7) is 2.97. The molecule has 3 rings (SSSR count). The molecule has 0 bridgehead atoms. The minimum atomic E-state index is -0.834. The van der Waals surface area contributed by atoms with Crippen LogP contribution in [0, 0.1) is 5.92 Å². The molecule has 1 aromatic rings. The second-order valence-electron chi connectivity index (χ2n) is 6.61. The zero-order chi connectivity index (χ0) is 16.9. The molecule has 1 N–H and O–H groups in total. The van der Waals surface area contributed by atoms with Crippen molar-refractivity contribution in [1.29, 1.82) is 0 Å². The summed E-state index contributed by atoms with van der Waals surface area (Å²) < 4.78 is 5.38. The maximum atomic E-state index is 12.4. The van der Waals surface area contributed by atoms with Gasteiger partial charge in [-0.2, -0.15) is 0 Å². The molecular formula is C18H24N2O4. The van der Waals surface area contributed by atoms with Crippen LogP contribution in [-0.4, -0.2) is 59.2 Å². The molecule has 0 aromatic heterocycles. The lowest BCUT2D eigenvalue weighted by atomic mass is 9.93. The van der Waals surface area contributed by atoms with Crippen LogP contribution >= 0.6 is 0 Å². The van der Waals surface area contributed by atoms with Crippen LogP contribution in [0.2, 0.25) is 0 Å². The molecule has 2 fully saturated rings. The highest BCUT2D eigenvalue weighted by molar-refractivity contribution is 5.73. The molecule has 1 aromatic carbocycles. The van der Waals surface area contributed by atoms with Crippen molar-refractivity contribution in [1.82, 2.24) is 9.80 Å². The molecule has 2 aliphatic rings. The van der Waals surface area contributed by atoms with Crippen LogP contribution in [0.15, 0.2) is 30.3 Å². The lowest BCUT2D eigenvalue weighted by molar-refractivity contribution is -0.144. The van der Waals surface area contributed by atoms with Gasteiger partial charge in [0.1, 0.15) is 6.61 Å². The summed E-state index contributed by atoms with van der Waals surface area (Å²) in [6.07, 6.45) is 2.48. The van der Waals surface area contributed by atoms with Gasteiger partial charge in [-0.25, -0.2) is 4.79 Å². The Morgan fingerprint density at radius 2 is 1.83 bits per heavy atom. The van der Waals surface area contributed by atoms with Crippen molar-refractivity contribution in [2.45, 2.75) is 31.9 Å². The van der Waals surface area contributed by atoms with Crippen LogP contribution in [0.1, 0.15) is 24.8 Å². The van der Waals surface area contributed by atoms with Gasteiger partial charge in [-0.1, -0.05) is 30.3 Å². The van der Waals surface area contributed by atoms with Crippen molar-refractivity contribution in [2.75, 3.05) is 26.2 Å². The maximum Gasteiger partial charge on any atom is 0.410 e. The Hall–Kier alpha value is -2.08. The molecule has 1 amide bonds. The number of likely N-dealkylation sites (tertiary alicyclic amines) is 2. The van der Waals surface area contributed by atoms with Crippen LogP contribution in [-0.2, 0) is 16.1 Å². The Kier molecular flexibility index (Phi) is 5.35. The van der Waals surface area contributed by atoms with E-state index in [-0.39, 0.29) is 19.2 Å². The first-order valence-electron chi connectivity index (χ1n) is 8.56. The lowest BCUT2D eigenvalue weighted by Gasteiger charge is -2.39. The van der Waals surface area contributed by atoms with Crippen molar-refractivity contribution in [3.05, 3.63) is 35.9 Å². The first-order valence-corrected chi connectivity index (χ1v) is 8.56. The highest BCUT2D eigenvalue weighted by Crippen LogP contribution is 2.25. The number of carboxylic acid groups (broad SMARTS) is 1. The Morgan fingerprint density at radius 1 is 1.12 bits per heavy atom. The van der Waals surface area contributed by atoms with Gasteiger partial charge >= 0.3 is 12.1 Å². The number of carboxylic acids is 1. The highest BCUT2D eigenvalue weighted by atomic mass is 16.6. The predicted octanol–water partition coefficient (Wildman–Crippen LogP) is 2.19. The second-order valence-corrected chi connectivity index (χ2v) is 6.61. The maximum absolute atomic E-state index is 12.4. The Morgan fingerprint density at radius 3 is 2.50 bits per heavy atom. The summed E-state index contributed by atoms with van der Waals surface area (Å²) in [4.78, 5) is 27.7. The first kappa shape index (κ1) is 16.8. The van der Waals surface area contributed by atoms with E-state index in [1.165, 1.54) is 0 Å². The van der Waals surface area contributed by atoms with Crippen molar-refractivity contribution in [3.8, 4) is 0 Å². The summed E-state index contributed by atoms with van der Waals surface area (Å²) in [5, 5.41) is 9.41. The largest absolute Gasteiger partial charge is 0.481 e. The van der Waals surface area contributed by atoms with Gasteiger partial charge in [-0.05, 0) is 37.9 Å². The van der Waals surface area contributed by atoms with Gasteiger partial charge in [-0.3, -0.25) is 9.69 Å². The summed E-state index contributed by atoms with van der Waals surface area (Å²) >= 11 is 0. The molecular weight excluding hydrogens is 308 g/mol. The number of nitrogens with zero attached hydrogens (tertiary/aromatic N) is 2. The third-order valence-electron chi connectivity index (χ3n) is 4.90. The van der Waals surface area contributed by atoms with E-state index in [9.17, 15) is 14.7 Å². The predicted molar refractivity (Wildman–Crippen MR) is 88.5 cm³/mol. The average Bonchev–Trinajstić information content (AvgIpc) is 3.15. The molecule has 0 spiro atoms. The zero-order valence-corrected chi connectivity index (χ0v) is 13.8. The van der Waals surface area contributed by atoms with Gasteiger partial charge in [0.05, 0.1) is 5.92 Å². The van der Waals surface area contributed by atoms with E-state index in [1.54, 1.807) is 4.90 Å². The standard InChI is InChI=1S/C18H24N2O4/c21-17(22)15-10-16(19-8-4-5-9-19)12-20(11-15)18(23)24-13-14-6-2-1-3-7-14/h1-3,6-7,15-16H,4-5,8-13H2,(H,21,22)/t15-,16+/m1/s1. The molecule has 2 saturated heterocycles. The van der Waals surface area contributed by atoms with E-state index in [0.29, 0.717) is 13.0 Å². The van der Waals surface area contributed by atoms with E-state index in [2.05, 4.69) is 4.90 Å². The van der Waals surface area contributed by atoms with E-state index in [4.69, 9.17) is 4.74 Å². The molecule has 2 atom stereocenters. The molecule has 2 aliphatic heterocycles. The second kappa shape index (κ2) is 7.66. The van der Waals surface area contributed by atoms with Crippen LogP contribution < -0.4 is 0 Å². The van der Waals surface area contributed by atoms with Crippen molar-refractivity contribution >= 4 is 12.1 Å². The van der Waals surface area contributed by atoms with E-state index < -0.39 is 18.0 Å². The monoisotopic (exact) mass is 332 g/mol. The number of carbonyl (C=O) groups is 2. The van der Waals surface area contributed by atoms with Gasteiger partial charge in [0.15, 0.2) is 0 Å². The molecule has 24 heavy (non-hydrogen) atoms. The number of amides is 1. The van der Waals surface area contributed by atoms with Crippen LogP contribution in [0.5, 0.6) is 0 Å². The summed E-state index contributed by atoms with van der Waals surface area (Å²) in [5.74, 6) is -1.35. The van der Waals surface area contributed by atoms with Gasteiger partial charge in [0.25, 0.3) is 0 Å². The number of rotatable bonds is 4. The Balaban J connectivity index is 1.61. The average molecular weight is 332 g/mol. The fourth-order valence-electron chi connectivity index (χ4n) is 3.58. The normalized spacial score (nSPS) is 24.8. The minimum Gasteiger partial charge on any atom is -0.481 e. The number of hydrogen-bond donors (Lipinski definition) is 1. The van der Waals surface area contributed by atoms with Crippen LogP contribution in [0.3, 0.4) is 0 Å². The molecule has 0 radical (unpaired) electrons. The van der Waals surface area contributed by atoms with Gasteiger partial charge < -0.3 is 14.7 Å². The molecule has 6 nitrogen and oxygen atoms in total. The smallest absolute Gasteiger partial charge is 0.410 e. The first-order chi connectivity index (χ1) is 11.6. The van der Waals surface area contributed by atoms with Crippen molar-refractivity contribution in [3.63, 3.8) is 0 Å². The van der Waals surface area contributed by atoms with E-state index in [1.807, 2.05) is 30.3 Å². The van der Waals surface area contributed by atoms with E-state index >= 15 is 0 Å². The molecule has 0 unspecified atom stereocenters. The third-order valence-corrected chi connectivity index (χ3v) is 4.90. The number of ether oxygens (including phenoxy) is 1. The Bertz CT molecular complexity index is 572. The molecule has 130 valence electrons. The molecule has 2 heterocycles. The summed E-state index contributed by atoms with van der Waals surface area (Å²) in [7, 11) is 0. The highest BCUT2D eigenvalue weighted by Gasteiger charge is 2.37. The third kappa shape index (κ3) is 4.06. The van der Waals surface area contributed by atoms with Crippen LogP contribution in [0.25, 0.3) is 0 Å². The minimum absolute atomic E-state index is 0.117. The fraction of sp³-hybridized carbons (Fsp3) is 0.556. The fourth-order valence-corrected chi connectivity index (χ4v) is 3.58. The van der Waals surface area contributed by atoms with Gasteiger partial charge in [-0.15, -0.1) is 0 Å². The lowest BCUT2D eigenvalue weighted by Crippen LogP contribution is -2.53. The number of hydrogen-bond acceptors (Lipinski definition) is 4. The SMILES string of the molecule is O=C(O)[C@@H]1C[C@H](N2CCCC2)CN(C(=O)OCc2ccccc2)C1. The Labute approximate surface area is 142 Å².